The van der Waals surface area contributed by atoms with Gasteiger partial charge in [0.15, 0.2) is 0 Å². The van der Waals surface area contributed by atoms with Gasteiger partial charge in [0.25, 0.3) is 0 Å². The van der Waals surface area contributed by atoms with Gasteiger partial charge in [-0.3, -0.25) is 4.90 Å². The Morgan fingerprint density at radius 3 is 2.10 bits per heavy atom. The number of likely N-dealkylation sites (N-methyl/N-ethyl adjacent to an activating group) is 1. The maximum atomic E-state index is 9.58. The van der Waals surface area contributed by atoms with Crippen molar-refractivity contribution in [2.45, 2.75) is 39.2 Å². The van der Waals surface area contributed by atoms with E-state index in [1.165, 1.54) is 5.56 Å². The molecule has 0 spiro atoms. The van der Waals surface area contributed by atoms with E-state index in [4.69, 9.17) is 0 Å². The molecule has 21 heavy (non-hydrogen) atoms. The van der Waals surface area contributed by atoms with Crippen molar-refractivity contribution in [1.29, 1.82) is 5.26 Å². The molecule has 1 fully saturated rings. The Morgan fingerprint density at radius 2 is 1.67 bits per heavy atom. The minimum atomic E-state index is -0.113. The number of rotatable bonds is 3. The highest BCUT2D eigenvalue weighted by Crippen LogP contribution is 2.26. The molecule has 3 nitrogen and oxygen atoms in total. The number of hydrogen-bond acceptors (Lipinski definition) is 3. The summed E-state index contributed by atoms with van der Waals surface area (Å²) < 4.78 is 0. The first-order valence-electron chi connectivity index (χ1n) is 7.92. The third-order valence-corrected chi connectivity index (χ3v) is 4.43. The molecule has 1 aromatic carbocycles. The molecule has 0 bridgehead atoms. The minimum absolute atomic E-state index is 0.113. The molecule has 1 aliphatic heterocycles. The molecule has 0 saturated carbocycles. The highest BCUT2D eigenvalue weighted by Gasteiger charge is 2.24. The smallest absolute Gasteiger partial charge is 0.123 e. The first-order chi connectivity index (χ1) is 9.95. The van der Waals surface area contributed by atoms with Crippen LogP contribution in [0.3, 0.4) is 0 Å². The van der Waals surface area contributed by atoms with Crippen LogP contribution in [0.25, 0.3) is 0 Å². The van der Waals surface area contributed by atoms with Crippen molar-refractivity contribution in [3.63, 3.8) is 0 Å². The van der Waals surface area contributed by atoms with Gasteiger partial charge in [0, 0.05) is 26.2 Å². The van der Waals surface area contributed by atoms with E-state index in [1.54, 1.807) is 0 Å². The second kappa shape index (κ2) is 6.60. The number of piperazine rings is 1. The molecule has 2 rings (SSSR count). The Labute approximate surface area is 129 Å². The summed E-state index contributed by atoms with van der Waals surface area (Å²) >= 11 is 0. The van der Waals surface area contributed by atoms with Crippen LogP contribution < -0.4 is 0 Å². The fourth-order valence-electron chi connectivity index (χ4n) is 2.87. The third kappa shape index (κ3) is 3.84. The van der Waals surface area contributed by atoms with Gasteiger partial charge in [-0.15, -0.1) is 0 Å². The number of hydrogen-bond donors (Lipinski definition) is 0. The fourth-order valence-corrected chi connectivity index (χ4v) is 2.87. The van der Waals surface area contributed by atoms with Gasteiger partial charge in [0.1, 0.15) is 6.04 Å². The van der Waals surface area contributed by atoms with Crippen LogP contribution in [0.4, 0.5) is 0 Å². The molecule has 0 radical (unpaired) electrons. The van der Waals surface area contributed by atoms with Crippen molar-refractivity contribution in [3.8, 4) is 6.07 Å². The topological polar surface area (TPSA) is 30.3 Å². The highest BCUT2D eigenvalue weighted by atomic mass is 15.3. The molecule has 1 atom stereocenters. The molecule has 1 saturated heterocycles. The number of nitriles is 1. The average Bonchev–Trinajstić information content (AvgIpc) is 2.48. The molecule has 0 amide bonds. The molecule has 3 heteroatoms. The Bertz CT molecular complexity index is 485. The van der Waals surface area contributed by atoms with Crippen molar-refractivity contribution in [2.75, 3.05) is 32.7 Å². The van der Waals surface area contributed by atoms with Gasteiger partial charge in [0.05, 0.1) is 6.07 Å². The summed E-state index contributed by atoms with van der Waals surface area (Å²) in [4.78, 5) is 4.74. The van der Waals surface area contributed by atoms with Crippen LogP contribution >= 0.6 is 0 Å². The van der Waals surface area contributed by atoms with E-state index in [0.717, 1.165) is 38.3 Å². The quantitative estimate of drug-likeness (QED) is 0.854. The lowest BCUT2D eigenvalue weighted by molar-refractivity contribution is 0.118. The summed E-state index contributed by atoms with van der Waals surface area (Å²) in [6.45, 7) is 14.0. The van der Waals surface area contributed by atoms with Crippen LogP contribution in [0.2, 0.25) is 0 Å². The van der Waals surface area contributed by atoms with Gasteiger partial charge >= 0.3 is 0 Å². The maximum absolute atomic E-state index is 9.58. The Hall–Kier alpha value is -1.37. The largest absolute Gasteiger partial charge is 0.301 e. The molecular formula is C18H27N3. The van der Waals surface area contributed by atoms with Gasteiger partial charge < -0.3 is 4.90 Å². The second-order valence-electron chi connectivity index (χ2n) is 6.87. The Morgan fingerprint density at radius 1 is 1.10 bits per heavy atom. The number of benzene rings is 1. The standard InChI is InChI=1S/C18H27N3/c1-5-20-10-12-21(13-11-20)17(14-19)15-6-8-16(9-7-15)18(2,3)4/h6-9,17H,5,10-13H2,1-4H3. The average molecular weight is 285 g/mol. The van der Waals surface area contributed by atoms with Crippen molar-refractivity contribution < 1.29 is 0 Å². The lowest BCUT2D eigenvalue weighted by Gasteiger charge is -2.36. The molecule has 0 aromatic heterocycles. The van der Waals surface area contributed by atoms with E-state index in [9.17, 15) is 5.26 Å². The van der Waals surface area contributed by atoms with Gasteiger partial charge in [-0.05, 0) is 23.1 Å². The van der Waals surface area contributed by atoms with Crippen molar-refractivity contribution in [2.24, 2.45) is 0 Å². The van der Waals surface area contributed by atoms with E-state index >= 15 is 0 Å². The van der Waals surface area contributed by atoms with Crippen LogP contribution in [0.15, 0.2) is 24.3 Å². The molecule has 1 heterocycles. The molecule has 0 aliphatic carbocycles. The van der Waals surface area contributed by atoms with Crippen LogP contribution in [-0.2, 0) is 5.41 Å². The summed E-state index contributed by atoms with van der Waals surface area (Å²) in [7, 11) is 0. The summed E-state index contributed by atoms with van der Waals surface area (Å²) in [5.41, 5.74) is 2.60. The summed E-state index contributed by atoms with van der Waals surface area (Å²) in [5, 5.41) is 9.58. The predicted octanol–water partition coefficient (Wildman–Crippen LogP) is 3.19. The predicted molar refractivity (Wildman–Crippen MR) is 87.2 cm³/mol. The number of nitrogens with zero attached hydrogens (tertiary/aromatic N) is 3. The zero-order valence-corrected chi connectivity index (χ0v) is 13.8. The van der Waals surface area contributed by atoms with Crippen LogP contribution in [0.1, 0.15) is 44.9 Å². The van der Waals surface area contributed by atoms with Crippen molar-refractivity contribution in [1.82, 2.24) is 9.80 Å². The third-order valence-electron chi connectivity index (χ3n) is 4.43. The first-order valence-corrected chi connectivity index (χ1v) is 7.92. The molecule has 1 unspecified atom stereocenters. The van der Waals surface area contributed by atoms with Crippen LogP contribution in [-0.4, -0.2) is 42.5 Å². The van der Waals surface area contributed by atoms with Crippen LogP contribution in [0.5, 0.6) is 0 Å². The van der Waals surface area contributed by atoms with Gasteiger partial charge in [-0.1, -0.05) is 52.0 Å². The van der Waals surface area contributed by atoms with Crippen LogP contribution in [0, 0.1) is 11.3 Å². The maximum Gasteiger partial charge on any atom is 0.123 e. The molecule has 114 valence electrons. The second-order valence-corrected chi connectivity index (χ2v) is 6.87. The van der Waals surface area contributed by atoms with Crippen molar-refractivity contribution in [3.05, 3.63) is 35.4 Å². The SMILES string of the molecule is CCN1CCN(C(C#N)c2ccc(C(C)(C)C)cc2)CC1. The molecule has 0 N–H and O–H groups in total. The van der Waals surface area contributed by atoms with E-state index in [-0.39, 0.29) is 11.5 Å². The summed E-state index contributed by atoms with van der Waals surface area (Å²) in [6.07, 6.45) is 0. The molecule has 1 aromatic rings. The van der Waals surface area contributed by atoms with Gasteiger partial charge in [0.2, 0.25) is 0 Å². The van der Waals surface area contributed by atoms with E-state index < -0.39 is 0 Å². The minimum Gasteiger partial charge on any atom is -0.301 e. The van der Waals surface area contributed by atoms with Gasteiger partial charge in [-0.25, -0.2) is 0 Å². The zero-order valence-electron chi connectivity index (χ0n) is 13.8. The van der Waals surface area contributed by atoms with E-state index in [2.05, 4.69) is 67.8 Å². The Balaban J connectivity index is 2.10. The van der Waals surface area contributed by atoms with E-state index in [0.29, 0.717) is 0 Å². The lowest BCUT2D eigenvalue weighted by atomic mass is 9.86. The zero-order chi connectivity index (χ0) is 15.5. The summed E-state index contributed by atoms with van der Waals surface area (Å²) in [5.74, 6) is 0. The lowest BCUT2D eigenvalue weighted by Crippen LogP contribution is -2.47. The summed E-state index contributed by atoms with van der Waals surface area (Å²) in [6, 6.07) is 11.0. The van der Waals surface area contributed by atoms with Gasteiger partial charge in [-0.2, -0.15) is 5.26 Å². The highest BCUT2D eigenvalue weighted by molar-refractivity contribution is 5.31. The van der Waals surface area contributed by atoms with Crippen molar-refractivity contribution >= 4 is 0 Å². The first kappa shape index (κ1) is 16.0. The Kier molecular flexibility index (Phi) is 5.03. The monoisotopic (exact) mass is 285 g/mol. The normalized spacial score (nSPS) is 19.2. The fraction of sp³-hybridized carbons (Fsp3) is 0.611. The molecular weight excluding hydrogens is 258 g/mol. The van der Waals surface area contributed by atoms with E-state index in [1.807, 2.05) is 0 Å². The molecule has 1 aliphatic rings.